The molecule has 3 aromatic rings. The summed E-state index contributed by atoms with van der Waals surface area (Å²) in [5.74, 6) is 1.50. The zero-order valence-electron chi connectivity index (χ0n) is 9.62. The van der Waals surface area contributed by atoms with Crippen molar-refractivity contribution < 1.29 is 0 Å². The molecule has 4 rings (SSSR count). The highest BCUT2D eigenvalue weighted by Gasteiger charge is 2.32. The average Bonchev–Trinajstić information content (AvgIpc) is 3.01. The molecule has 0 spiro atoms. The predicted molar refractivity (Wildman–Crippen MR) is 83.8 cm³/mol. The third-order valence-electron chi connectivity index (χ3n) is 2.94. The molecule has 0 saturated carbocycles. The lowest BCUT2D eigenvalue weighted by molar-refractivity contribution is 0.508. The Balaban J connectivity index is 0.00000121. The highest BCUT2D eigenvalue weighted by atomic mass is 79.9. The molecular formula is C13H12BrN5S. The summed E-state index contributed by atoms with van der Waals surface area (Å²) >= 11 is 5.13. The molecule has 0 aliphatic carbocycles. The van der Waals surface area contributed by atoms with E-state index in [9.17, 15) is 0 Å². The molecule has 0 bridgehead atoms. The number of aromatic nitrogens is 4. The van der Waals surface area contributed by atoms with Crippen molar-refractivity contribution in [3.05, 3.63) is 45.3 Å². The van der Waals surface area contributed by atoms with Crippen molar-refractivity contribution in [3.8, 4) is 11.4 Å². The molecular weight excluding hydrogens is 338 g/mol. The van der Waals surface area contributed by atoms with Gasteiger partial charge in [0.2, 0.25) is 5.95 Å². The molecule has 102 valence electrons. The van der Waals surface area contributed by atoms with E-state index >= 15 is 0 Å². The van der Waals surface area contributed by atoms with Gasteiger partial charge in [0.05, 0.1) is 0 Å². The first kappa shape index (κ1) is 13.3. The molecule has 0 amide bonds. The summed E-state index contributed by atoms with van der Waals surface area (Å²) < 4.78 is 2.86. The highest BCUT2D eigenvalue weighted by molar-refractivity contribution is 9.10. The quantitative estimate of drug-likeness (QED) is 0.764. The van der Waals surface area contributed by atoms with Crippen molar-refractivity contribution in [3.63, 3.8) is 0 Å². The van der Waals surface area contributed by atoms with E-state index in [2.05, 4.69) is 36.3 Å². The fraction of sp³-hybridized carbons (Fsp3) is 0.154. The Morgan fingerprint density at radius 3 is 2.90 bits per heavy atom. The van der Waals surface area contributed by atoms with E-state index in [0.717, 1.165) is 21.0 Å². The monoisotopic (exact) mass is 349 g/mol. The summed E-state index contributed by atoms with van der Waals surface area (Å²) in [5.41, 5.74) is 0.990. The Morgan fingerprint density at radius 1 is 1.30 bits per heavy atom. The number of thiazole rings is 1. The van der Waals surface area contributed by atoms with Gasteiger partial charge in [0.1, 0.15) is 5.01 Å². The van der Waals surface area contributed by atoms with Crippen LogP contribution in [0, 0.1) is 0 Å². The van der Waals surface area contributed by atoms with Crippen LogP contribution in [0.25, 0.3) is 11.4 Å². The van der Waals surface area contributed by atoms with E-state index in [4.69, 9.17) is 0 Å². The minimum absolute atomic E-state index is 0. The van der Waals surface area contributed by atoms with Gasteiger partial charge in [0, 0.05) is 21.6 Å². The van der Waals surface area contributed by atoms with Crippen LogP contribution in [0.4, 0.5) is 5.95 Å². The van der Waals surface area contributed by atoms with E-state index in [1.807, 2.05) is 34.3 Å². The smallest absolute Gasteiger partial charge is 0.226 e. The summed E-state index contributed by atoms with van der Waals surface area (Å²) in [6.07, 6.45) is 1.81. The Bertz CT molecular complexity index is 737. The van der Waals surface area contributed by atoms with Gasteiger partial charge in [0.25, 0.3) is 0 Å². The van der Waals surface area contributed by atoms with E-state index in [0.29, 0.717) is 5.82 Å². The Hall–Kier alpha value is -1.73. The number of nitrogens with zero attached hydrogens (tertiary/aromatic N) is 4. The van der Waals surface area contributed by atoms with E-state index in [1.165, 1.54) is 0 Å². The molecule has 1 aliphatic rings. The largest absolute Gasteiger partial charge is 0.327 e. The Morgan fingerprint density at radius 2 is 2.15 bits per heavy atom. The number of anilines is 1. The molecule has 1 unspecified atom stereocenters. The maximum Gasteiger partial charge on any atom is 0.226 e. The van der Waals surface area contributed by atoms with Gasteiger partial charge in [-0.2, -0.15) is 4.98 Å². The van der Waals surface area contributed by atoms with Crippen molar-refractivity contribution in [1.29, 1.82) is 0 Å². The Labute approximate surface area is 128 Å². The molecule has 1 aromatic carbocycles. The normalized spacial score (nSPS) is 15.8. The number of rotatable bonds is 2. The van der Waals surface area contributed by atoms with Crippen LogP contribution in [0.5, 0.6) is 0 Å². The molecule has 0 radical (unpaired) electrons. The molecule has 20 heavy (non-hydrogen) atoms. The van der Waals surface area contributed by atoms with Crippen LogP contribution in [-0.2, 0) is 0 Å². The van der Waals surface area contributed by atoms with Crippen LogP contribution in [0.15, 0.2) is 40.3 Å². The van der Waals surface area contributed by atoms with Crippen molar-refractivity contribution in [2.45, 2.75) is 13.6 Å². The van der Waals surface area contributed by atoms with Gasteiger partial charge >= 0.3 is 0 Å². The SMILES string of the molecule is Brc1ccccc1-c1nc2n(n1)C(c1nccs1)N2.C. The van der Waals surface area contributed by atoms with Gasteiger partial charge in [-0.3, -0.25) is 0 Å². The molecule has 1 aliphatic heterocycles. The molecule has 1 N–H and O–H groups in total. The fourth-order valence-corrected chi connectivity index (χ4v) is 3.14. The van der Waals surface area contributed by atoms with Crippen LogP contribution in [0.2, 0.25) is 0 Å². The van der Waals surface area contributed by atoms with Crippen molar-refractivity contribution >= 4 is 33.2 Å². The number of nitrogens with one attached hydrogen (secondary N) is 1. The number of hydrogen-bond donors (Lipinski definition) is 1. The van der Waals surface area contributed by atoms with Gasteiger partial charge in [-0.15, -0.1) is 16.4 Å². The number of benzene rings is 1. The predicted octanol–water partition coefficient (Wildman–Crippen LogP) is 3.77. The standard InChI is InChI=1S/C12H8BrN5S.CH4/c13-8-4-2-1-3-7(8)9-15-12-16-10(18(12)17-9)11-14-5-6-19-11;/h1-6,10H,(H,15,16,17);1H4. The summed E-state index contributed by atoms with van der Waals surface area (Å²) in [5, 5.41) is 10.8. The second-order valence-electron chi connectivity index (χ2n) is 4.10. The third kappa shape index (κ3) is 1.94. The lowest BCUT2D eigenvalue weighted by atomic mass is 10.2. The second kappa shape index (κ2) is 4.99. The lowest BCUT2D eigenvalue weighted by Gasteiger charge is -2.26. The van der Waals surface area contributed by atoms with Crippen LogP contribution in [-0.4, -0.2) is 19.7 Å². The van der Waals surface area contributed by atoms with Gasteiger partial charge < -0.3 is 5.32 Å². The minimum Gasteiger partial charge on any atom is -0.327 e. The number of hydrogen-bond acceptors (Lipinski definition) is 5. The van der Waals surface area contributed by atoms with Crippen LogP contribution in [0.3, 0.4) is 0 Å². The van der Waals surface area contributed by atoms with Crippen molar-refractivity contribution in [2.24, 2.45) is 0 Å². The topological polar surface area (TPSA) is 55.6 Å². The highest BCUT2D eigenvalue weighted by Crippen LogP contribution is 2.35. The summed E-state index contributed by atoms with van der Waals surface area (Å²) in [4.78, 5) is 8.77. The molecule has 2 aromatic heterocycles. The van der Waals surface area contributed by atoms with Crippen LogP contribution < -0.4 is 5.32 Å². The fourth-order valence-electron chi connectivity index (χ4n) is 2.01. The first-order valence-corrected chi connectivity index (χ1v) is 7.37. The molecule has 3 heterocycles. The van der Waals surface area contributed by atoms with Crippen LogP contribution >= 0.6 is 27.3 Å². The van der Waals surface area contributed by atoms with Gasteiger partial charge in [-0.1, -0.05) is 35.5 Å². The van der Waals surface area contributed by atoms with Gasteiger partial charge in [-0.25, -0.2) is 9.67 Å². The first-order valence-electron chi connectivity index (χ1n) is 5.70. The van der Waals surface area contributed by atoms with E-state index in [1.54, 1.807) is 17.5 Å². The first-order chi connectivity index (χ1) is 9.33. The maximum absolute atomic E-state index is 4.55. The summed E-state index contributed by atoms with van der Waals surface area (Å²) in [7, 11) is 0. The van der Waals surface area contributed by atoms with E-state index < -0.39 is 0 Å². The molecule has 0 fully saturated rings. The third-order valence-corrected chi connectivity index (χ3v) is 4.46. The van der Waals surface area contributed by atoms with E-state index in [-0.39, 0.29) is 13.6 Å². The zero-order chi connectivity index (χ0) is 12.8. The molecule has 5 nitrogen and oxygen atoms in total. The van der Waals surface area contributed by atoms with Gasteiger partial charge in [0.15, 0.2) is 12.0 Å². The molecule has 1 atom stereocenters. The van der Waals surface area contributed by atoms with Gasteiger partial charge in [-0.05, 0) is 12.1 Å². The molecule has 7 heteroatoms. The summed E-state index contributed by atoms with van der Waals surface area (Å²) in [6, 6.07) is 7.93. The number of fused-ring (bicyclic) bond motifs is 1. The summed E-state index contributed by atoms with van der Waals surface area (Å²) in [6.45, 7) is 0. The maximum atomic E-state index is 4.55. The Kier molecular flexibility index (Phi) is 3.31. The second-order valence-corrected chi connectivity index (χ2v) is 5.88. The average molecular weight is 350 g/mol. The van der Waals surface area contributed by atoms with Crippen molar-refractivity contribution in [1.82, 2.24) is 19.7 Å². The van der Waals surface area contributed by atoms with Crippen LogP contribution in [0.1, 0.15) is 18.6 Å². The number of halogens is 1. The van der Waals surface area contributed by atoms with Crippen molar-refractivity contribution in [2.75, 3.05) is 5.32 Å². The minimum atomic E-state index is 0. The zero-order valence-corrected chi connectivity index (χ0v) is 12.0. The molecule has 0 saturated heterocycles. The lowest BCUT2D eigenvalue weighted by Crippen LogP contribution is -2.32.